The Hall–Kier alpha value is -2.33. The minimum Gasteiger partial charge on any atom is -0.373 e. The minimum atomic E-state index is -0.00539. The first-order chi connectivity index (χ1) is 12.2. The highest BCUT2D eigenvalue weighted by atomic mass is 16.1. The quantitative estimate of drug-likeness (QED) is 0.843. The van der Waals surface area contributed by atoms with Crippen molar-refractivity contribution in [3.63, 3.8) is 0 Å². The molecule has 3 rings (SSSR count). The second kappa shape index (κ2) is 8.67. The Balaban J connectivity index is 1.44. The normalized spacial score (nSPS) is 14.4. The van der Waals surface area contributed by atoms with Crippen LogP contribution in [0.4, 0.5) is 5.69 Å². The molecule has 25 heavy (non-hydrogen) atoms. The first-order valence-corrected chi connectivity index (χ1v) is 9.08. The molecule has 4 heteroatoms. The van der Waals surface area contributed by atoms with Crippen LogP contribution in [0.25, 0.3) is 0 Å². The second-order valence-corrected chi connectivity index (χ2v) is 6.69. The van der Waals surface area contributed by atoms with Gasteiger partial charge in [0, 0.05) is 37.9 Å². The molecule has 0 unspecified atom stereocenters. The van der Waals surface area contributed by atoms with Crippen molar-refractivity contribution in [2.75, 3.05) is 38.1 Å². The maximum atomic E-state index is 12.3. The fraction of sp³-hybridized carbons (Fsp3) is 0.381. The average Bonchev–Trinajstić information content (AvgIpc) is 3.16. The Kier molecular flexibility index (Phi) is 6.07. The van der Waals surface area contributed by atoms with Crippen LogP contribution in [0.15, 0.2) is 54.6 Å². The van der Waals surface area contributed by atoms with E-state index in [-0.39, 0.29) is 5.91 Å². The number of hydrogen-bond donors (Lipinski definition) is 1. The molecule has 0 aliphatic carbocycles. The van der Waals surface area contributed by atoms with E-state index < -0.39 is 0 Å². The third-order valence-corrected chi connectivity index (χ3v) is 4.75. The molecule has 1 saturated heterocycles. The van der Waals surface area contributed by atoms with Gasteiger partial charge in [-0.05, 0) is 55.8 Å². The Labute approximate surface area is 150 Å². The highest BCUT2D eigenvalue weighted by molar-refractivity contribution is 5.94. The molecule has 0 atom stereocenters. The number of carbonyl (C=O) groups is 1. The monoisotopic (exact) mass is 337 g/mol. The summed E-state index contributed by atoms with van der Waals surface area (Å²) < 4.78 is 0. The van der Waals surface area contributed by atoms with E-state index in [0.29, 0.717) is 6.54 Å². The van der Waals surface area contributed by atoms with E-state index in [9.17, 15) is 4.79 Å². The molecule has 0 saturated carbocycles. The van der Waals surface area contributed by atoms with Crippen LogP contribution >= 0.6 is 0 Å². The van der Waals surface area contributed by atoms with Crippen molar-refractivity contribution in [1.29, 1.82) is 0 Å². The van der Waals surface area contributed by atoms with Crippen LogP contribution in [0, 0.1) is 0 Å². The summed E-state index contributed by atoms with van der Waals surface area (Å²) in [5.41, 5.74) is 3.16. The number of likely N-dealkylation sites (tertiary alicyclic amines) is 1. The molecule has 0 aromatic heterocycles. The molecule has 1 amide bonds. The lowest BCUT2D eigenvalue weighted by Crippen LogP contribution is -2.32. The van der Waals surface area contributed by atoms with Crippen molar-refractivity contribution in [2.45, 2.75) is 19.4 Å². The Morgan fingerprint density at radius 2 is 1.72 bits per heavy atom. The molecule has 4 nitrogen and oxygen atoms in total. The van der Waals surface area contributed by atoms with Crippen molar-refractivity contribution in [3.8, 4) is 0 Å². The molecule has 1 aliphatic heterocycles. The summed E-state index contributed by atoms with van der Waals surface area (Å²) in [7, 11) is 2.04. The molecular formula is C21H27N3O. The molecular weight excluding hydrogens is 310 g/mol. The van der Waals surface area contributed by atoms with Crippen LogP contribution in [0.3, 0.4) is 0 Å². The van der Waals surface area contributed by atoms with Crippen molar-refractivity contribution >= 4 is 11.6 Å². The zero-order valence-corrected chi connectivity index (χ0v) is 14.9. The SMILES string of the molecule is CN(CCNC(=O)c1ccc(CN2CCCC2)cc1)c1ccccc1. The number of nitrogens with zero attached hydrogens (tertiary/aromatic N) is 2. The predicted molar refractivity (Wildman–Crippen MR) is 103 cm³/mol. The van der Waals surface area contributed by atoms with E-state index in [4.69, 9.17) is 0 Å². The number of hydrogen-bond acceptors (Lipinski definition) is 3. The third-order valence-electron chi connectivity index (χ3n) is 4.75. The number of benzene rings is 2. The standard InChI is InChI=1S/C21H27N3O/c1-23(20-7-3-2-4-8-20)16-13-22-21(25)19-11-9-18(10-12-19)17-24-14-5-6-15-24/h2-4,7-12H,5-6,13-17H2,1H3,(H,22,25). The maximum Gasteiger partial charge on any atom is 0.251 e. The summed E-state index contributed by atoms with van der Waals surface area (Å²) >= 11 is 0. The summed E-state index contributed by atoms with van der Waals surface area (Å²) in [5, 5.41) is 3.00. The fourth-order valence-electron chi connectivity index (χ4n) is 3.21. The number of nitrogens with one attached hydrogen (secondary N) is 1. The molecule has 1 N–H and O–H groups in total. The van der Waals surface area contributed by atoms with Gasteiger partial charge in [0.2, 0.25) is 0 Å². The number of amides is 1. The molecule has 0 spiro atoms. The Morgan fingerprint density at radius 3 is 2.40 bits per heavy atom. The molecule has 1 fully saturated rings. The topological polar surface area (TPSA) is 35.6 Å². The lowest BCUT2D eigenvalue weighted by atomic mass is 10.1. The van der Waals surface area contributed by atoms with Gasteiger partial charge in [0.25, 0.3) is 5.91 Å². The van der Waals surface area contributed by atoms with Crippen LogP contribution in [0.2, 0.25) is 0 Å². The van der Waals surface area contributed by atoms with Gasteiger partial charge in [0.15, 0.2) is 0 Å². The van der Waals surface area contributed by atoms with E-state index in [1.54, 1.807) is 0 Å². The van der Waals surface area contributed by atoms with Gasteiger partial charge in [-0.3, -0.25) is 9.69 Å². The van der Waals surface area contributed by atoms with Gasteiger partial charge in [-0.15, -0.1) is 0 Å². The largest absolute Gasteiger partial charge is 0.373 e. The number of para-hydroxylation sites is 1. The molecule has 0 radical (unpaired) electrons. The van der Waals surface area contributed by atoms with Crippen molar-refractivity contribution in [2.24, 2.45) is 0 Å². The summed E-state index contributed by atoms with van der Waals surface area (Å²) in [6, 6.07) is 18.2. The molecule has 0 bridgehead atoms. The number of rotatable bonds is 7. The molecule has 1 heterocycles. The van der Waals surface area contributed by atoms with E-state index in [1.165, 1.54) is 31.5 Å². The predicted octanol–water partition coefficient (Wildman–Crippen LogP) is 3.15. The fourth-order valence-corrected chi connectivity index (χ4v) is 3.21. The van der Waals surface area contributed by atoms with E-state index in [0.717, 1.165) is 24.3 Å². The van der Waals surface area contributed by atoms with E-state index in [2.05, 4.69) is 39.4 Å². The van der Waals surface area contributed by atoms with Gasteiger partial charge in [-0.25, -0.2) is 0 Å². The lowest BCUT2D eigenvalue weighted by molar-refractivity contribution is 0.0954. The van der Waals surface area contributed by atoms with Crippen molar-refractivity contribution in [1.82, 2.24) is 10.2 Å². The minimum absolute atomic E-state index is 0.00539. The number of carbonyl (C=O) groups excluding carboxylic acids is 1. The Morgan fingerprint density at radius 1 is 1.04 bits per heavy atom. The summed E-state index contributed by atoms with van der Waals surface area (Å²) in [5.74, 6) is -0.00539. The maximum absolute atomic E-state index is 12.3. The highest BCUT2D eigenvalue weighted by Crippen LogP contribution is 2.13. The first kappa shape index (κ1) is 17.5. The number of anilines is 1. The van der Waals surface area contributed by atoms with Gasteiger partial charge in [-0.1, -0.05) is 30.3 Å². The first-order valence-electron chi connectivity index (χ1n) is 9.08. The van der Waals surface area contributed by atoms with Gasteiger partial charge in [0.1, 0.15) is 0 Å². The zero-order chi connectivity index (χ0) is 17.5. The van der Waals surface area contributed by atoms with E-state index >= 15 is 0 Å². The highest BCUT2D eigenvalue weighted by Gasteiger charge is 2.12. The number of likely N-dealkylation sites (N-methyl/N-ethyl adjacent to an activating group) is 1. The van der Waals surface area contributed by atoms with Gasteiger partial charge >= 0.3 is 0 Å². The van der Waals surface area contributed by atoms with Crippen molar-refractivity contribution in [3.05, 3.63) is 65.7 Å². The Bertz CT molecular complexity index is 663. The van der Waals surface area contributed by atoms with E-state index in [1.807, 2.05) is 37.4 Å². The van der Waals surface area contributed by atoms with Gasteiger partial charge in [-0.2, -0.15) is 0 Å². The van der Waals surface area contributed by atoms with Crippen LogP contribution in [0.5, 0.6) is 0 Å². The van der Waals surface area contributed by atoms with Gasteiger partial charge in [0.05, 0.1) is 0 Å². The smallest absolute Gasteiger partial charge is 0.251 e. The lowest BCUT2D eigenvalue weighted by Gasteiger charge is -2.19. The van der Waals surface area contributed by atoms with Crippen LogP contribution in [0.1, 0.15) is 28.8 Å². The summed E-state index contributed by atoms with van der Waals surface area (Å²) in [4.78, 5) is 16.9. The van der Waals surface area contributed by atoms with Crippen LogP contribution in [-0.2, 0) is 6.54 Å². The van der Waals surface area contributed by atoms with Crippen LogP contribution in [-0.4, -0.2) is 44.0 Å². The molecule has 2 aromatic carbocycles. The summed E-state index contributed by atoms with van der Waals surface area (Å²) in [6.45, 7) is 4.78. The molecule has 2 aromatic rings. The van der Waals surface area contributed by atoms with Gasteiger partial charge < -0.3 is 10.2 Å². The third kappa shape index (κ3) is 5.07. The molecule has 1 aliphatic rings. The second-order valence-electron chi connectivity index (χ2n) is 6.69. The summed E-state index contributed by atoms with van der Waals surface area (Å²) in [6.07, 6.45) is 2.61. The molecule has 132 valence electrons. The zero-order valence-electron chi connectivity index (χ0n) is 14.9. The average molecular weight is 337 g/mol. The van der Waals surface area contributed by atoms with Crippen LogP contribution < -0.4 is 10.2 Å². The van der Waals surface area contributed by atoms with Crippen molar-refractivity contribution < 1.29 is 4.79 Å².